The Bertz CT molecular complexity index is 1280. The molecule has 290 valence electrons. The van der Waals surface area contributed by atoms with Gasteiger partial charge in [0.1, 0.15) is 0 Å². The zero-order valence-electron chi connectivity index (χ0n) is 22.6. The fraction of sp³-hybridized carbons (Fsp3) is 0.636. The number of hydrogen-bond donors (Lipinski definition) is 0. The van der Waals surface area contributed by atoms with Gasteiger partial charge in [-0.2, -0.15) is 87.8 Å². The number of halogens is 24. The van der Waals surface area contributed by atoms with Crippen molar-refractivity contribution in [3.05, 3.63) is 35.4 Å². The van der Waals surface area contributed by atoms with Crippen LogP contribution in [0.2, 0.25) is 0 Å². The van der Waals surface area contributed by atoms with E-state index in [1.165, 1.54) is 0 Å². The van der Waals surface area contributed by atoms with E-state index in [2.05, 4.69) is 9.47 Å². The van der Waals surface area contributed by atoms with E-state index in [1.54, 1.807) is 0 Å². The molecule has 0 aliphatic heterocycles. The van der Waals surface area contributed by atoms with E-state index < -0.39 is 108 Å². The number of carbonyl (C=O) groups is 2. The molecule has 0 spiro atoms. The molecule has 50 heavy (non-hydrogen) atoms. The van der Waals surface area contributed by atoms with Crippen LogP contribution in [0.4, 0.5) is 105 Å². The van der Waals surface area contributed by atoms with Crippen molar-refractivity contribution in [1.29, 1.82) is 0 Å². The minimum absolute atomic E-state index is 0.0784. The zero-order valence-corrected chi connectivity index (χ0v) is 22.6. The topological polar surface area (TPSA) is 52.6 Å². The second-order valence-corrected chi connectivity index (χ2v) is 9.40. The first kappa shape index (κ1) is 44.5. The van der Waals surface area contributed by atoms with Gasteiger partial charge in [0.25, 0.3) is 0 Å². The van der Waals surface area contributed by atoms with Crippen LogP contribution in [-0.4, -0.2) is 97.2 Å². The van der Waals surface area contributed by atoms with Crippen LogP contribution in [-0.2, 0) is 9.47 Å². The molecule has 0 fully saturated rings. The number of benzene rings is 1. The van der Waals surface area contributed by atoms with Crippen molar-refractivity contribution in [1.82, 2.24) is 0 Å². The molecule has 0 aliphatic rings. The summed E-state index contributed by atoms with van der Waals surface area (Å²) in [6.45, 7) is -7.18. The van der Waals surface area contributed by atoms with Crippen LogP contribution < -0.4 is 0 Å². The maximum absolute atomic E-state index is 13.9. The molecular formula is C22H10F24O4. The van der Waals surface area contributed by atoms with Crippen molar-refractivity contribution in [3.63, 3.8) is 0 Å². The number of ether oxygens (including phenoxy) is 2. The predicted octanol–water partition coefficient (Wildman–Crippen LogP) is 8.88. The first-order chi connectivity index (χ1) is 21.9. The Hall–Kier alpha value is -3.52. The fourth-order valence-corrected chi connectivity index (χ4v) is 3.03. The highest BCUT2D eigenvalue weighted by atomic mass is 19.4. The molecule has 0 aromatic heterocycles. The lowest BCUT2D eigenvalue weighted by molar-refractivity contribution is -0.414. The van der Waals surface area contributed by atoms with Crippen LogP contribution in [0.15, 0.2) is 24.3 Å². The fourth-order valence-electron chi connectivity index (χ4n) is 3.03. The summed E-state index contributed by atoms with van der Waals surface area (Å²) in [6.07, 6.45) is -11.7. The Morgan fingerprint density at radius 3 is 0.900 bits per heavy atom. The van der Waals surface area contributed by atoms with Crippen molar-refractivity contribution >= 4 is 11.9 Å². The maximum atomic E-state index is 13.9. The normalized spacial score (nSPS) is 15.1. The van der Waals surface area contributed by atoms with Gasteiger partial charge in [-0.3, -0.25) is 0 Å². The molecule has 0 saturated heterocycles. The van der Waals surface area contributed by atoms with Gasteiger partial charge >= 0.3 is 84.0 Å². The number of hydrogen-bond acceptors (Lipinski definition) is 4. The minimum Gasteiger partial charge on any atom is -0.455 e. The Kier molecular flexibility index (Phi) is 11.8. The van der Waals surface area contributed by atoms with E-state index >= 15 is 0 Å². The lowest BCUT2D eigenvalue weighted by atomic mass is 9.94. The molecule has 1 aromatic rings. The van der Waals surface area contributed by atoms with Crippen molar-refractivity contribution < 1.29 is 124 Å². The summed E-state index contributed by atoms with van der Waals surface area (Å²) in [7, 11) is 0. The molecule has 1 rings (SSSR count). The SMILES string of the molecule is O=C(OCC(F)(F)C(F)(F)C(F)(F)C(F)(F)C(F)(F)C(F)F)c1ccccc1C(=O)OCC(F)(F)C(F)(F)C(F)(F)C(F)(F)C(F)(F)C(F)F. The molecule has 0 saturated carbocycles. The van der Waals surface area contributed by atoms with Crippen LogP contribution in [0, 0.1) is 0 Å². The second kappa shape index (κ2) is 13.2. The average molecular weight is 794 g/mol. The summed E-state index contributed by atoms with van der Waals surface area (Å²) in [4.78, 5) is 24.1. The lowest BCUT2D eigenvalue weighted by Crippen LogP contribution is -2.69. The summed E-state index contributed by atoms with van der Waals surface area (Å²) >= 11 is 0. The highest BCUT2D eigenvalue weighted by Gasteiger charge is 2.89. The Balaban J connectivity index is 3.32. The monoisotopic (exact) mass is 794 g/mol. The van der Waals surface area contributed by atoms with E-state index in [-0.39, 0.29) is 12.1 Å². The first-order valence-corrected chi connectivity index (χ1v) is 11.7. The van der Waals surface area contributed by atoms with Crippen LogP contribution in [0.3, 0.4) is 0 Å². The maximum Gasteiger partial charge on any atom is 0.384 e. The van der Waals surface area contributed by atoms with Crippen LogP contribution in [0.1, 0.15) is 20.7 Å². The van der Waals surface area contributed by atoms with E-state index in [1.807, 2.05) is 0 Å². The van der Waals surface area contributed by atoms with E-state index in [0.717, 1.165) is 0 Å². The highest BCUT2D eigenvalue weighted by molar-refractivity contribution is 6.03. The predicted molar refractivity (Wildman–Crippen MR) is 108 cm³/mol. The van der Waals surface area contributed by atoms with Gasteiger partial charge in [0.2, 0.25) is 0 Å². The van der Waals surface area contributed by atoms with E-state index in [0.29, 0.717) is 12.1 Å². The third-order valence-corrected chi connectivity index (χ3v) is 6.02. The van der Waals surface area contributed by atoms with Crippen molar-refractivity contribution in [2.24, 2.45) is 0 Å². The van der Waals surface area contributed by atoms with Gasteiger partial charge in [0.15, 0.2) is 13.2 Å². The minimum atomic E-state index is -8.08. The molecule has 28 heteroatoms. The van der Waals surface area contributed by atoms with Crippen molar-refractivity contribution in [2.75, 3.05) is 13.2 Å². The number of esters is 2. The molecule has 0 bridgehead atoms. The molecule has 0 N–H and O–H groups in total. The number of alkyl halides is 24. The molecular weight excluding hydrogens is 784 g/mol. The summed E-state index contributed by atoms with van der Waals surface area (Å²) in [5.41, 5.74) is -3.55. The van der Waals surface area contributed by atoms with Crippen molar-refractivity contribution in [2.45, 2.75) is 72.1 Å². The Labute approximate surface area is 258 Å². The van der Waals surface area contributed by atoms with Gasteiger partial charge in [0, 0.05) is 0 Å². The Morgan fingerprint density at radius 1 is 0.440 bits per heavy atom. The summed E-state index contributed by atoms with van der Waals surface area (Å²) in [6, 6.07) is 1.12. The number of rotatable bonds is 16. The third-order valence-electron chi connectivity index (χ3n) is 6.02. The highest BCUT2D eigenvalue weighted by Crippen LogP contribution is 2.59. The van der Waals surface area contributed by atoms with Crippen LogP contribution in [0.5, 0.6) is 0 Å². The molecule has 0 aliphatic carbocycles. The lowest BCUT2D eigenvalue weighted by Gasteiger charge is -2.38. The van der Waals surface area contributed by atoms with E-state index in [4.69, 9.17) is 0 Å². The van der Waals surface area contributed by atoms with Crippen LogP contribution in [0.25, 0.3) is 0 Å². The van der Waals surface area contributed by atoms with Gasteiger partial charge in [-0.15, -0.1) is 0 Å². The summed E-state index contributed by atoms with van der Waals surface area (Å²) in [5.74, 6) is -81.8. The molecule has 0 atom stereocenters. The Morgan fingerprint density at radius 2 is 0.680 bits per heavy atom. The molecule has 1 aromatic carbocycles. The number of carbonyl (C=O) groups excluding carboxylic acids is 2. The molecule has 4 nitrogen and oxygen atoms in total. The van der Waals surface area contributed by atoms with Gasteiger partial charge in [-0.05, 0) is 12.1 Å². The van der Waals surface area contributed by atoms with Crippen molar-refractivity contribution in [3.8, 4) is 0 Å². The molecule has 0 unspecified atom stereocenters. The molecule has 0 amide bonds. The molecule has 0 radical (unpaired) electrons. The first-order valence-electron chi connectivity index (χ1n) is 11.7. The molecule has 0 heterocycles. The smallest absolute Gasteiger partial charge is 0.384 e. The third kappa shape index (κ3) is 6.77. The zero-order chi connectivity index (χ0) is 40.1. The van der Waals surface area contributed by atoms with E-state index in [9.17, 15) is 115 Å². The second-order valence-electron chi connectivity index (χ2n) is 9.40. The summed E-state index contributed by atoms with van der Waals surface area (Å²) in [5, 5.41) is 0. The van der Waals surface area contributed by atoms with Gasteiger partial charge in [-0.25, -0.2) is 27.2 Å². The average Bonchev–Trinajstić information content (AvgIpc) is 2.97. The van der Waals surface area contributed by atoms with Gasteiger partial charge in [0.05, 0.1) is 11.1 Å². The quantitative estimate of drug-likeness (QED) is 0.124. The van der Waals surface area contributed by atoms with Gasteiger partial charge < -0.3 is 9.47 Å². The largest absolute Gasteiger partial charge is 0.455 e. The van der Waals surface area contributed by atoms with Gasteiger partial charge in [-0.1, -0.05) is 12.1 Å². The standard InChI is InChI=1S/C22H10F24O4/c23-11(24)15(31,32)19(39,40)21(43,44)17(35,36)13(27,28)5-49-9(47)7-3-1-2-4-8(7)10(48)50-6-14(29,30)18(37,38)22(45,46)20(41,42)16(33,34)12(25)26/h1-4,11-12H,5-6H2. The summed E-state index contributed by atoms with van der Waals surface area (Å²) < 4.78 is 325. The van der Waals surface area contributed by atoms with Crippen LogP contribution >= 0.6 is 0 Å².